The number of thioether (sulfide) groups is 1. The number of anilines is 1. The number of fused-ring (bicyclic) bond motifs is 1. The van der Waals surface area contributed by atoms with Crippen LogP contribution in [-0.4, -0.2) is 46.9 Å². The van der Waals surface area contributed by atoms with Crippen molar-refractivity contribution in [1.82, 2.24) is 15.5 Å². The number of hydrogen-bond acceptors (Lipinski definition) is 8. The van der Waals surface area contributed by atoms with E-state index >= 15 is 0 Å². The van der Waals surface area contributed by atoms with Crippen molar-refractivity contribution in [3.8, 4) is 0 Å². The molecular weight excluding hydrogens is 424 g/mol. The Bertz CT molecular complexity index is 1050. The summed E-state index contributed by atoms with van der Waals surface area (Å²) >= 11 is 2.36. The summed E-state index contributed by atoms with van der Waals surface area (Å²) in [5, 5.41) is 15.6. The zero-order valence-electron chi connectivity index (χ0n) is 16.2. The fourth-order valence-electron chi connectivity index (χ4n) is 2.66. The molecule has 0 aliphatic heterocycles. The highest BCUT2D eigenvalue weighted by Gasteiger charge is 2.13. The van der Waals surface area contributed by atoms with Crippen molar-refractivity contribution in [2.24, 2.45) is 0 Å². The highest BCUT2D eigenvalue weighted by molar-refractivity contribution is 8.01. The van der Waals surface area contributed by atoms with Gasteiger partial charge >= 0.3 is 5.97 Å². The molecule has 2 amide bonds. The average Bonchev–Trinajstić information content (AvgIpc) is 3.18. The van der Waals surface area contributed by atoms with E-state index in [2.05, 4.69) is 20.8 Å². The van der Waals surface area contributed by atoms with E-state index in [0.29, 0.717) is 9.47 Å². The van der Waals surface area contributed by atoms with Gasteiger partial charge in [-0.05, 0) is 23.3 Å². The van der Waals surface area contributed by atoms with E-state index in [0.717, 1.165) is 16.3 Å². The van der Waals surface area contributed by atoms with Gasteiger partial charge in [0.05, 0.1) is 18.8 Å². The Kier molecular flexibility index (Phi) is 7.75. The van der Waals surface area contributed by atoms with Gasteiger partial charge in [0.2, 0.25) is 16.9 Å². The lowest BCUT2D eigenvalue weighted by molar-refractivity contribution is -0.143. The van der Waals surface area contributed by atoms with Gasteiger partial charge in [-0.3, -0.25) is 14.4 Å². The van der Waals surface area contributed by atoms with Crippen molar-refractivity contribution in [3.63, 3.8) is 0 Å². The number of carbonyl (C=O) groups excluding carboxylic acids is 3. The van der Waals surface area contributed by atoms with Crippen LogP contribution in [0.15, 0.2) is 46.8 Å². The molecule has 1 aromatic heterocycles. The molecular formula is C20H20N4O4S2. The van der Waals surface area contributed by atoms with Crippen molar-refractivity contribution in [2.45, 2.75) is 17.7 Å². The van der Waals surface area contributed by atoms with E-state index < -0.39 is 5.97 Å². The molecule has 10 heteroatoms. The van der Waals surface area contributed by atoms with Gasteiger partial charge in [-0.2, -0.15) is 0 Å². The summed E-state index contributed by atoms with van der Waals surface area (Å²) < 4.78 is 5.28. The molecule has 0 bridgehead atoms. The summed E-state index contributed by atoms with van der Waals surface area (Å²) in [6.45, 7) is 1.80. The summed E-state index contributed by atoms with van der Waals surface area (Å²) in [5.41, 5.74) is 0.933. The zero-order valence-corrected chi connectivity index (χ0v) is 17.8. The number of benzene rings is 2. The number of amides is 2. The number of nitrogens with zero attached hydrogens (tertiary/aromatic N) is 2. The van der Waals surface area contributed by atoms with E-state index in [1.165, 1.54) is 23.1 Å². The largest absolute Gasteiger partial charge is 0.465 e. The third-order valence-corrected chi connectivity index (χ3v) is 5.92. The fraction of sp³-hybridized carbons (Fsp3) is 0.250. The summed E-state index contributed by atoms with van der Waals surface area (Å²) in [7, 11) is 0. The lowest BCUT2D eigenvalue weighted by Crippen LogP contribution is -2.31. The molecule has 3 aromatic rings. The van der Waals surface area contributed by atoms with Crippen LogP contribution in [-0.2, 0) is 25.5 Å². The second kappa shape index (κ2) is 10.7. The minimum atomic E-state index is -0.483. The van der Waals surface area contributed by atoms with Crippen LogP contribution in [0.25, 0.3) is 10.8 Å². The predicted octanol–water partition coefficient (Wildman–Crippen LogP) is 2.64. The molecule has 0 atom stereocenters. The zero-order chi connectivity index (χ0) is 21.3. The van der Waals surface area contributed by atoms with Gasteiger partial charge in [-0.1, -0.05) is 65.6 Å². The third kappa shape index (κ3) is 6.26. The monoisotopic (exact) mass is 444 g/mol. The van der Waals surface area contributed by atoms with Gasteiger partial charge in [0.15, 0.2) is 4.34 Å². The number of carbonyl (C=O) groups is 3. The number of nitrogens with one attached hydrogen (secondary N) is 2. The molecule has 156 valence electrons. The molecule has 0 spiro atoms. The molecule has 2 N–H and O–H groups in total. The van der Waals surface area contributed by atoms with E-state index in [1.807, 2.05) is 42.5 Å². The van der Waals surface area contributed by atoms with Crippen molar-refractivity contribution in [3.05, 3.63) is 48.0 Å². The maximum absolute atomic E-state index is 12.4. The normalized spacial score (nSPS) is 10.6. The molecule has 1 heterocycles. The van der Waals surface area contributed by atoms with Gasteiger partial charge in [0.1, 0.15) is 6.54 Å². The number of esters is 1. The first-order chi connectivity index (χ1) is 14.5. The minimum Gasteiger partial charge on any atom is -0.465 e. The number of rotatable bonds is 9. The van der Waals surface area contributed by atoms with Crippen molar-refractivity contribution < 1.29 is 19.1 Å². The molecule has 3 rings (SSSR count). The number of hydrogen-bond donors (Lipinski definition) is 2. The van der Waals surface area contributed by atoms with Crippen LogP contribution < -0.4 is 10.6 Å². The Morgan fingerprint density at radius 2 is 1.87 bits per heavy atom. The van der Waals surface area contributed by atoms with Crippen LogP contribution in [0.3, 0.4) is 0 Å². The Morgan fingerprint density at radius 3 is 2.70 bits per heavy atom. The van der Waals surface area contributed by atoms with Crippen molar-refractivity contribution >= 4 is 56.8 Å². The highest BCUT2D eigenvalue weighted by atomic mass is 32.2. The standard InChI is InChI=1S/C20H20N4O4S2/c1-2-28-18(27)11-21-17(26)12-29-20-24-23-19(30-20)22-16(25)10-14-8-5-7-13-6-3-4-9-15(13)14/h3-9H,2,10-12H2,1H3,(H,21,26)(H,22,23,25). The molecule has 8 nitrogen and oxygen atoms in total. The van der Waals surface area contributed by atoms with E-state index in [1.54, 1.807) is 6.92 Å². The fourth-order valence-corrected chi connectivity index (χ4v) is 4.26. The summed E-state index contributed by atoms with van der Waals surface area (Å²) in [4.78, 5) is 35.4. The van der Waals surface area contributed by atoms with Crippen LogP contribution >= 0.6 is 23.1 Å². The first kappa shape index (κ1) is 21.7. The first-order valence-electron chi connectivity index (χ1n) is 9.20. The predicted molar refractivity (Wildman–Crippen MR) is 117 cm³/mol. The molecule has 0 saturated carbocycles. The van der Waals surface area contributed by atoms with Crippen molar-refractivity contribution in [2.75, 3.05) is 24.2 Å². The topological polar surface area (TPSA) is 110 Å². The van der Waals surface area contributed by atoms with Gasteiger partial charge in [0, 0.05) is 0 Å². The smallest absolute Gasteiger partial charge is 0.325 e. The Morgan fingerprint density at radius 1 is 1.07 bits per heavy atom. The molecule has 2 aromatic carbocycles. The van der Waals surface area contributed by atoms with Crippen LogP contribution in [0.4, 0.5) is 5.13 Å². The first-order valence-corrected chi connectivity index (χ1v) is 11.0. The van der Waals surface area contributed by atoms with E-state index in [9.17, 15) is 14.4 Å². The third-order valence-electron chi connectivity index (χ3n) is 3.95. The maximum atomic E-state index is 12.4. The molecule has 0 unspecified atom stereocenters. The number of aromatic nitrogens is 2. The second-order valence-electron chi connectivity index (χ2n) is 6.11. The molecule has 0 aliphatic rings. The molecule has 0 fully saturated rings. The molecule has 0 aliphatic carbocycles. The Labute approximate surface area is 181 Å². The summed E-state index contributed by atoms with van der Waals surface area (Å²) in [5.74, 6) is -0.906. The Hall–Kier alpha value is -2.98. The lowest BCUT2D eigenvalue weighted by atomic mass is 10.0. The van der Waals surface area contributed by atoms with E-state index in [-0.39, 0.29) is 37.1 Å². The van der Waals surface area contributed by atoms with Crippen LogP contribution in [0.2, 0.25) is 0 Å². The van der Waals surface area contributed by atoms with Crippen LogP contribution in [0.5, 0.6) is 0 Å². The van der Waals surface area contributed by atoms with Crippen molar-refractivity contribution in [1.29, 1.82) is 0 Å². The van der Waals surface area contributed by atoms with Crippen LogP contribution in [0, 0.1) is 0 Å². The molecule has 0 radical (unpaired) electrons. The average molecular weight is 445 g/mol. The highest BCUT2D eigenvalue weighted by Crippen LogP contribution is 2.25. The maximum Gasteiger partial charge on any atom is 0.325 e. The minimum absolute atomic E-state index is 0.0813. The van der Waals surface area contributed by atoms with Gasteiger partial charge in [-0.25, -0.2) is 0 Å². The lowest BCUT2D eigenvalue weighted by Gasteiger charge is -2.06. The van der Waals surface area contributed by atoms with Crippen LogP contribution in [0.1, 0.15) is 12.5 Å². The quantitative estimate of drug-likeness (QED) is 0.297. The number of ether oxygens (including phenoxy) is 1. The molecule has 30 heavy (non-hydrogen) atoms. The molecule has 0 saturated heterocycles. The summed E-state index contributed by atoms with van der Waals surface area (Å²) in [6, 6.07) is 13.8. The van der Waals surface area contributed by atoms with Gasteiger partial charge in [0.25, 0.3) is 0 Å². The van der Waals surface area contributed by atoms with E-state index in [4.69, 9.17) is 4.74 Å². The summed E-state index contributed by atoms with van der Waals surface area (Å²) in [6.07, 6.45) is 0.222. The van der Waals surface area contributed by atoms with Gasteiger partial charge in [-0.15, -0.1) is 10.2 Å². The second-order valence-corrected chi connectivity index (χ2v) is 8.31. The van der Waals surface area contributed by atoms with Gasteiger partial charge < -0.3 is 15.4 Å². The Balaban J connectivity index is 1.48. The SMILES string of the molecule is CCOC(=O)CNC(=O)CSc1nnc(NC(=O)Cc2cccc3ccccc23)s1.